The van der Waals surface area contributed by atoms with Crippen LogP contribution in [-0.4, -0.2) is 40.8 Å². The first kappa shape index (κ1) is 9.79. The molecule has 0 aromatic heterocycles. The van der Waals surface area contributed by atoms with Crippen LogP contribution >= 0.6 is 11.8 Å². The number of nitrogens with zero attached hydrogens (tertiary/aromatic N) is 1. The highest BCUT2D eigenvalue weighted by Gasteiger charge is 2.34. The molecule has 0 aliphatic carbocycles. The summed E-state index contributed by atoms with van der Waals surface area (Å²) in [6, 6.07) is -0.295. The molecule has 0 saturated carbocycles. The van der Waals surface area contributed by atoms with E-state index in [1.807, 2.05) is 6.92 Å². The lowest BCUT2D eigenvalue weighted by Crippen LogP contribution is -2.52. The third kappa shape index (κ3) is 1.85. The number of nitrogens with one attached hydrogen (secondary N) is 1. The quantitative estimate of drug-likeness (QED) is 0.687. The van der Waals surface area contributed by atoms with Crippen LogP contribution in [0.5, 0.6) is 0 Å². The number of carbonyl (C=O) groups is 2. The molecule has 0 radical (unpaired) electrons. The van der Waals surface area contributed by atoms with E-state index in [-0.39, 0.29) is 22.7 Å². The van der Waals surface area contributed by atoms with Crippen LogP contribution in [0.15, 0.2) is 0 Å². The Bertz CT molecular complexity index is 271. The molecule has 1 N–H and O–H groups in total. The minimum atomic E-state index is -0.295. The Hall–Kier alpha value is -0.750. The fourth-order valence-corrected chi connectivity index (χ4v) is 2.64. The van der Waals surface area contributed by atoms with Crippen LogP contribution in [0.25, 0.3) is 0 Å². The van der Waals surface area contributed by atoms with Gasteiger partial charge in [-0.25, -0.2) is 4.79 Å². The highest BCUT2D eigenvalue weighted by Crippen LogP contribution is 2.30. The molecule has 3 amide bonds. The highest BCUT2D eigenvalue weighted by molar-refractivity contribution is 8.00. The van der Waals surface area contributed by atoms with E-state index in [1.54, 1.807) is 16.7 Å². The minimum absolute atomic E-state index is 0.0538. The molecule has 0 aromatic rings. The Morgan fingerprint density at radius 1 is 1.57 bits per heavy atom. The number of urea groups is 1. The average molecular weight is 216 g/mol. The zero-order chi connectivity index (χ0) is 10.1. The number of imide groups is 1. The zero-order valence-electron chi connectivity index (χ0n) is 7.86. The first-order valence-corrected chi connectivity index (χ1v) is 5.48. The second-order valence-electron chi connectivity index (χ2n) is 3.29. The van der Waals surface area contributed by atoms with Crippen LogP contribution in [0.3, 0.4) is 0 Å². The number of ether oxygens (including phenoxy) is 1. The molecule has 0 aromatic carbocycles. The van der Waals surface area contributed by atoms with Crippen molar-refractivity contribution in [1.82, 2.24) is 10.2 Å². The van der Waals surface area contributed by atoms with Gasteiger partial charge in [-0.1, -0.05) is 0 Å². The smallest absolute Gasteiger partial charge is 0.325 e. The van der Waals surface area contributed by atoms with E-state index >= 15 is 0 Å². The number of rotatable bonds is 1. The molecule has 2 aliphatic rings. The molecular formula is C8H12N2O3S. The van der Waals surface area contributed by atoms with E-state index in [2.05, 4.69) is 5.32 Å². The molecule has 2 rings (SSSR count). The van der Waals surface area contributed by atoms with Crippen molar-refractivity contribution in [2.24, 2.45) is 0 Å². The van der Waals surface area contributed by atoms with Crippen LogP contribution in [-0.2, 0) is 9.53 Å². The average Bonchev–Trinajstić information content (AvgIpc) is 2.51. The van der Waals surface area contributed by atoms with Gasteiger partial charge in [0.15, 0.2) is 0 Å². The molecule has 2 unspecified atom stereocenters. The van der Waals surface area contributed by atoms with Crippen LogP contribution in [0.4, 0.5) is 4.79 Å². The lowest BCUT2D eigenvalue weighted by atomic mass is 10.3. The van der Waals surface area contributed by atoms with E-state index in [0.717, 1.165) is 0 Å². The van der Waals surface area contributed by atoms with E-state index in [4.69, 9.17) is 4.74 Å². The fraction of sp³-hybridized carbons (Fsp3) is 0.750. The normalized spacial score (nSPS) is 33.4. The molecule has 5 nitrogen and oxygen atoms in total. The third-order valence-corrected chi connectivity index (χ3v) is 3.48. The Labute approximate surface area is 86.2 Å². The van der Waals surface area contributed by atoms with E-state index in [0.29, 0.717) is 19.6 Å². The summed E-state index contributed by atoms with van der Waals surface area (Å²) in [6.45, 7) is 3.00. The van der Waals surface area contributed by atoms with Crippen molar-refractivity contribution in [3.05, 3.63) is 0 Å². The number of hydrogen-bond acceptors (Lipinski definition) is 4. The van der Waals surface area contributed by atoms with Crippen molar-refractivity contribution >= 4 is 23.7 Å². The molecule has 2 atom stereocenters. The van der Waals surface area contributed by atoms with E-state index in [9.17, 15) is 9.59 Å². The molecule has 78 valence electrons. The lowest BCUT2D eigenvalue weighted by molar-refractivity contribution is -0.121. The lowest BCUT2D eigenvalue weighted by Gasteiger charge is -2.30. The summed E-state index contributed by atoms with van der Waals surface area (Å²) < 4.78 is 5.35. The monoisotopic (exact) mass is 216 g/mol. The van der Waals surface area contributed by atoms with Crippen molar-refractivity contribution < 1.29 is 14.3 Å². The Morgan fingerprint density at radius 3 is 2.93 bits per heavy atom. The number of amides is 3. The van der Waals surface area contributed by atoms with Gasteiger partial charge in [0.2, 0.25) is 5.91 Å². The van der Waals surface area contributed by atoms with Crippen molar-refractivity contribution in [2.45, 2.75) is 24.2 Å². The van der Waals surface area contributed by atoms with Gasteiger partial charge >= 0.3 is 6.03 Å². The standard InChI is InChI=1S/C8H12N2O3S/c1-5-13-4-7(14-5)10-3-2-6(11)9-8(10)12/h5,7H,2-4H2,1H3,(H,9,11,12). The van der Waals surface area contributed by atoms with Crippen molar-refractivity contribution in [2.75, 3.05) is 13.2 Å². The second kappa shape index (κ2) is 3.78. The van der Waals surface area contributed by atoms with Crippen LogP contribution in [0.1, 0.15) is 13.3 Å². The van der Waals surface area contributed by atoms with E-state index < -0.39 is 0 Å². The Balaban J connectivity index is 1.97. The van der Waals surface area contributed by atoms with Gasteiger partial charge in [-0.15, -0.1) is 11.8 Å². The molecule has 2 saturated heterocycles. The van der Waals surface area contributed by atoms with Crippen LogP contribution in [0, 0.1) is 0 Å². The number of thioether (sulfide) groups is 1. The van der Waals surface area contributed by atoms with E-state index in [1.165, 1.54) is 0 Å². The molecule has 2 heterocycles. The summed E-state index contributed by atoms with van der Waals surface area (Å²) in [4.78, 5) is 24.0. The number of carbonyl (C=O) groups excluding carboxylic acids is 2. The molecular weight excluding hydrogens is 204 g/mol. The summed E-state index contributed by atoms with van der Waals surface area (Å²) in [6.07, 6.45) is 0.386. The summed E-state index contributed by atoms with van der Waals surface area (Å²) >= 11 is 1.61. The van der Waals surface area contributed by atoms with Gasteiger partial charge in [0, 0.05) is 13.0 Å². The van der Waals surface area contributed by atoms with Gasteiger partial charge in [-0.05, 0) is 6.92 Å². The molecule has 2 aliphatic heterocycles. The number of hydrogen-bond donors (Lipinski definition) is 1. The van der Waals surface area contributed by atoms with Crippen LogP contribution < -0.4 is 5.32 Å². The van der Waals surface area contributed by atoms with Crippen molar-refractivity contribution in [3.8, 4) is 0 Å². The Morgan fingerprint density at radius 2 is 2.36 bits per heavy atom. The maximum atomic E-state index is 11.4. The van der Waals surface area contributed by atoms with Crippen molar-refractivity contribution in [1.29, 1.82) is 0 Å². The summed E-state index contributed by atoms with van der Waals surface area (Å²) in [5, 5.41) is 2.35. The zero-order valence-corrected chi connectivity index (χ0v) is 8.67. The van der Waals surface area contributed by atoms with Crippen molar-refractivity contribution in [3.63, 3.8) is 0 Å². The molecule has 0 spiro atoms. The summed E-state index contributed by atoms with van der Waals surface area (Å²) in [7, 11) is 0. The van der Waals surface area contributed by atoms with Gasteiger partial charge in [0.1, 0.15) is 10.8 Å². The SMILES string of the molecule is CC1OCC(N2CCC(=O)NC2=O)S1. The first-order valence-electron chi connectivity index (χ1n) is 4.54. The topological polar surface area (TPSA) is 58.6 Å². The van der Waals surface area contributed by atoms with Gasteiger partial charge in [-0.3, -0.25) is 10.1 Å². The molecule has 6 heteroatoms. The van der Waals surface area contributed by atoms with Gasteiger partial charge < -0.3 is 9.64 Å². The van der Waals surface area contributed by atoms with Gasteiger partial charge in [0.05, 0.1) is 6.61 Å². The predicted molar refractivity (Wildman–Crippen MR) is 51.7 cm³/mol. The largest absolute Gasteiger partial charge is 0.365 e. The second-order valence-corrected chi connectivity index (χ2v) is 4.77. The van der Waals surface area contributed by atoms with Gasteiger partial charge in [-0.2, -0.15) is 0 Å². The molecule has 2 fully saturated rings. The highest BCUT2D eigenvalue weighted by atomic mass is 32.2. The summed E-state index contributed by atoms with van der Waals surface area (Å²) in [5.74, 6) is -0.191. The summed E-state index contributed by atoms with van der Waals surface area (Å²) in [5.41, 5.74) is 0.130. The van der Waals surface area contributed by atoms with Crippen LogP contribution in [0.2, 0.25) is 0 Å². The minimum Gasteiger partial charge on any atom is -0.365 e. The van der Waals surface area contributed by atoms with Gasteiger partial charge in [0.25, 0.3) is 0 Å². The maximum absolute atomic E-state index is 11.4. The molecule has 0 bridgehead atoms. The first-order chi connectivity index (χ1) is 6.66. The fourth-order valence-electron chi connectivity index (χ4n) is 1.53. The predicted octanol–water partition coefficient (Wildman–Crippen LogP) is 0.364. The maximum Gasteiger partial charge on any atom is 0.325 e. The molecule has 14 heavy (non-hydrogen) atoms. The Kier molecular flexibility index (Phi) is 2.64. The third-order valence-electron chi connectivity index (χ3n) is 2.26.